The second-order valence-electron chi connectivity index (χ2n) is 8.83. The zero-order chi connectivity index (χ0) is 22.4. The minimum absolute atomic E-state index is 0.108. The Hall–Kier alpha value is -2.70. The van der Waals surface area contributed by atoms with Crippen molar-refractivity contribution in [1.82, 2.24) is 9.88 Å². The molecule has 1 aromatic heterocycles. The van der Waals surface area contributed by atoms with Gasteiger partial charge in [0.05, 0.1) is 6.26 Å². The molecular formula is C26H31N3O2S. The van der Waals surface area contributed by atoms with Crippen molar-refractivity contribution in [2.45, 2.75) is 37.6 Å². The zero-order valence-corrected chi connectivity index (χ0v) is 19.4. The van der Waals surface area contributed by atoms with Crippen LogP contribution in [0.2, 0.25) is 0 Å². The molecule has 1 aliphatic rings. The number of pyridine rings is 1. The number of hydrogen-bond donors (Lipinski definition) is 1. The lowest BCUT2D eigenvalue weighted by Crippen LogP contribution is -2.43. The molecule has 0 unspecified atom stereocenters. The topological polar surface area (TPSA) is 62.3 Å². The fourth-order valence-electron chi connectivity index (χ4n) is 4.63. The van der Waals surface area contributed by atoms with Gasteiger partial charge < -0.3 is 0 Å². The summed E-state index contributed by atoms with van der Waals surface area (Å²) >= 11 is 0. The van der Waals surface area contributed by atoms with Crippen LogP contribution in [0.3, 0.4) is 0 Å². The fraction of sp³-hybridized carbons (Fsp3) is 0.346. The molecule has 6 heteroatoms. The number of sulfonamides is 1. The van der Waals surface area contributed by atoms with Gasteiger partial charge in [0, 0.05) is 29.5 Å². The normalized spacial score (nSPS) is 16.5. The van der Waals surface area contributed by atoms with Crippen LogP contribution in [0.1, 0.15) is 36.1 Å². The van der Waals surface area contributed by atoms with Crippen LogP contribution in [-0.2, 0) is 28.4 Å². The molecular weight excluding hydrogens is 418 g/mol. The van der Waals surface area contributed by atoms with E-state index in [-0.39, 0.29) is 5.41 Å². The van der Waals surface area contributed by atoms with E-state index in [4.69, 9.17) is 4.98 Å². The Morgan fingerprint density at radius 1 is 0.906 bits per heavy atom. The fourth-order valence-corrected chi connectivity index (χ4v) is 5.19. The van der Waals surface area contributed by atoms with Crippen LogP contribution in [0.5, 0.6) is 0 Å². The van der Waals surface area contributed by atoms with Crippen LogP contribution in [0.25, 0.3) is 0 Å². The quantitative estimate of drug-likeness (QED) is 0.545. The predicted octanol–water partition coefficient (Wildman–Crippen LogP) is 4.62. The Morgan fingerprint density at radius 3 is 2.22 bits per heavy atom. The van der Waals surface area contributed by atoms with Gasteiger partial charge in [0.1, 0.15) is 0 Å². The molecule has 3 aromatic rings. The van der Waals surface area contributed by atoms with Crippen LogP contribution in [0.15, 0.2) is 79.0 Å². The van der Waals surface area contributed by atoms with Gasteiger partial charge in [-0.2, -0.15) is 0 Å². The van der Waals surface area contributed by atoms with Gasteiger partial charge in [-0.3, -0.25) is 14.6 Å². The first-order valence-electron chi connectivity index (χ1n) is 11.2. The van der Waals surface area contributed by atoms with Crippen molar-refractivity contribution in [3.05, 3.63) is 95.8 Å². The summed E-state index contributed by atoms with van der Waals surface area (Å²) < 4.78 is 25.3. The molecule has 0 atom stereocenters. The van der Waals surface area contributed by atoms with E-state index < -0.39 is 10.0 Å². The third-order valence-electron chi connectivity index (χ3n) is 6.42. The second-order valence-corrected chi connectivity index (χ2v) is 10.6. The Kier molecular flexibility index (Phi) is 6.92. The average Bonchev–Trinajstić information content (AvgIpc) is 2.80. The van der Waals surface area contributed by atoms with Gasteiger partial charge in [-0.15, -0.1) is 0 Å². The van der Waals surface area contributed by atoms with Gasteiger partial charge in [-0.05, 0) is 74.2 Å². The Labute approximate surface area is 191 Å². The summed E-state index contributed by atoms with van der Waals surface area (Å²) in [5, 5.41) is 0. The number of hydrogen-bond acceptors (Lipinski definition) is 4. The average molecular weight is 450 g/mol. The lowest BCUT2D eigenvalue weighted by Gasteiger charge is -2.42. The molecule has 1 N–H and O–H groups in total. The summed E-state index contributed by atoms with van der Waals surface area (Å²) in [6.07, 6.45) is 7.42. The van der Waals surface area contributed by atoms with Crippen molar-refractivity contribution < 1.29 is 8.42 Å². The molecule has 32 heavy (non-hydrogen) atoms. The highest BCUT2D eigenvalue weighted by atomic mass is 32.2. The van der Waals surface area contributed by atoms with Crippen molar-refractivity contribution in [1.29, 1.82) is 0 Å². The van der Waals surface area contributed by atoms with E-state index in [0.29, 0.717) is 5.69 Å². The Bertz CT molecular complexity index is 1090. The summed E-state index contributed by atoms with van der Waals surface area (Å²) in [6.45, 7) is 2.92. The Balaban J connectivity index is 1.41. The molecule has 1 fully saturated rings. The molecule has 168 valence electrons. The highest BCUT2D eigenvalue weighted by molar-refractivity contribution is 7.92. The minimum Gasteiger partial charge on any atom is -0.299 e. The van der Waals surface area contributed by atoms with E-state index in [1.54, 1.807) is 0 Å². The lowest BCUT2D eigenvalue weighted by atomic mass is 9.71. The number of nitrogens with one attached hydrogen (secondary N) is 1. The first-order valence-corrected chi connectivity index (χ1v) is 13.1. The standard InChI is InChI=1S/C26H31N3O2S/c1-32(30,31)28-24-12-10-23(11-13-24)21-29-19-16-26(17-20-29,25-9-5-6-18-27-25)15-14-22-7-3-2-4-8-22/h2-13,18,28H,14-17,19-21H2,1H3. The zero-order valence-electron chi connectivity index (χ0n) is 18.6. The van der Waals surface area contributed by atoms with Gasteiger partial charge in [0.15, 0.2) is 0 Å². The molecule has 0 saturated carbocycles. The molecule has 2 heterocycles. The molecule has 4 rings (SSSR count). The summed E-state index contributed by atoms with van der Waals surface area (Å²) in [5.41, 5.74) is 4.50. The first-order chi connectivity index (χ1) is 15.4. The summed E-state index contributed by atoms with van der Waals surface area (Å²) in [4.78, 5) is 7.25. The van der Waals surface area contributed by atoms with Crippen LogP contribution in [0.4, 0.5) is 5.69 Å². The molecule has 0 spiro atoms. The first kappa shape index (κ1) is 22.5. The molecule has 0 aliphatic carbocycles. The largest absolute Gasteiger partial charge is 0.299 e. The van der Waals surface area contributed by atoms with E-state index in [1.165, 1.54) is 23.1 Å². The molecule has 0 bridgehead atoms. The highest BCUT2D eigenvalue weighted by Gasteiger charge is 2.36. The smallest absolute Gasteiger partial charge is 0.229 e. The molecule has 1 saturated heterocycles. The van der Waals surface area contributed by atoms with Crippen molar-refractivity contribution >= 4 is 15.7 Å². The maximum Gasteiger partial charge on any atom is 0.229 e. The number of rotatable bonds is 8. The summed E-state index contributed by atoms with van der Waals surface area (Å²) in [5.74, 6) is 0. The van der Waals surface area contributed by atoms with Gasteiger partial charge in [-0.1, -0.05) is 48.5 Å². The van der Waals surface area contributed by atoms with Gasteiger partial charge in [0.2, 0.25) is 10.0 Å². The van der Waals surface area contributed by atoms with Crippen molar-refractivity contribution in [2.24, 2.45) is 0 Å². The van der Waals surface area contributed by atoms with E-state index in [0.717, 1.165) is 45.3 Å². The summed E-state index contributed by atoms with van der Waals surface area (Å²) in [6, 6.07) is 24.7. The van der Waals surface area contributed by atoms with E-state index >= 15 is 0 Å². The number of nitrogens with zero attached hydrogens (tertiary/aromatic N) is 2. The predicted molar refractivity (Wildman–Crippen MR) is 130 cm³/mol. The molecule has 0 amide bonds. The van der Waals surface area contributed by atoms with Gasteiger partial charge >= 0.3 is 0 Å². The van der Waals surface area contributed by atoms with Crippen LogP contribution >= 0.6 is 0 Å². The van der Waals surface area contributed by atoms with E-state index in [1.807, 2.05) is 36.5 Å². The second kappa shape index (κ2) is 9.84. The maximum absolute atomic E-state index is 11.4. The highest BCUT2D eigenvalue weighted by Crippen LogP contribution is 2.39. The molecule has 0 radical (unpaired) electrons. The van der Waals surface area contributed by atoms with Gasteiger partial charge in [-0.25, -0.2) is 8.42 Å². The molecule has 1 aliphatic heterocycles. The SMILES string of the molecule is CS(=O)(=O)Nc1ccc(CN2CCC(CCc3ccccc3)(c3ccccn3)CC2)cc1. The number of piperidine rings is 1. The minimum atomic E-state index is -3.25. The molecule has 2 aromatic carbocycles. The van der Waals surface area contributed by atoms with Crippen LogP contribution < -0.4 is 4.72 Å². The number of aryl methyl sites for hydroxylation is 1. The Morgan fingerprint density at radius 2 is 1.59 bits per heavy atom. The van der Waals surface area contributed by atoms with Crippen molar-refractivity contribution in [3.8, 4) is 0 Å². The number of anilines is 1. The number of benzene rings is 2. The number of aromatic nitrogens is 1. The van der Waals surface area contributed by atoms with Crippen LogP contribution in [-0.4, -0.2) is 37.6 Å². The van der Waals surface area contributed by atoms with E-state index in [2.05, 4.69) is 52.1 Å². The summed E-state index contributed by atoms with van der Waals surface area (Å²) in [7, 11) is -3.25. The lowest BCUT2D eigenvalue weighted by molar-refractivity contribution is 0.143. The van der Waals surface area contributed by atoms with Crippen molar-refractivity contribution in [3.63, 3.8) is 0 Å². The third-order valence-corrected chi connectivity index (χ3v) is 7.03. The number of likely N-dealkylation sites (tertiary alicyclic amines) is 1. The van der Waals surface area contributed by atoms with Crippen LogP contribution in [0, 0.1) is 0 Å². The third kappa shape index (κ3) is 5.96. The monoisotopic (exact) mass is 449 g/mol. The van der Waals surface area contributed by atoms with Crippen molar-refractivity contribution in [2.75, 3.05) is 24.1 Å². The van der Waals surface area contributed by atoms with Gasteiger partial charge in [0.25, 0.3) is 0 Å². The maximum atomic E-state index is 11.4. The van der Waals surface area contributed by atoms with E-state index in [9.17, 15) is 8.42 Å². The molecule has 5 nitrogen and oxygen atoms in total.